The van der Waals surface area contributed by atoms with Crippen molar-refractivity contribution in [2.24, 2.45) is 7.05 Å². The molecule has 0 aliphatic rings. The maximum Gasteiger partial charge on any atom is 0.299 e. The van der Waals surface area contributed by atoms with E-state index in [1.54, 1.807) is 0 Å². The standard InChI is InChI=1S/C52H47N2O/c1-32(2)43-29-41(39-24-22-38(23-25-39)36-16-10-8-11-17-36)30-44(33(3)4)50(43)54-46-21-15-14-20-45(46)53(7)52(54)49-35(6)28-34(5)48-42-27-26-40(31-47(42)55-51(48)49)37-18-12-9-13-19-37/h8-33H,1-7H3/q+1/i5D3. The van der Waals surface area contributed by atoms with Crippen molar-refractivity contribution in [3.63, 3.8) is 0 Å². The number of aromatic nitrogens is 2. The third kappa shape index (κ3) is 5.77. The Morgan fingerprint density at radius 2 is 1.13 bits per heavy atom. The number of hydrogen-bond donors (Lipinski definition) is 0. The first-order valence-corrected chi connectivity index (χ1v) is 19.3. The third-order valence-corrected chi connectivity index (χ3v) is 11.2. The number of rotatable bonds is 7. The summed E-state index contributed by atoms with van der Waals surface area (Å²) in [5, 5.41) is 1.43. The number of nitrogens with zero attached hydrogens (tertiary/aromatic N) is 2. The molecule has 0 atom stereocenters. The van der Waals surface area contributed by atoms with Gasteiger partial charge in [0.2, 0.25) is 0 Å². The summed E-state index contributed by atoms with van der Waals surface area (Å²) >= 11 is 0. The van der Waals surface area contributed by atoms with E-state index in [0.29, 0.717) is 22.1 Å². The van der Waals surface area contributed by atoms with E-state index in [2.05, 4.69) is 147 Å². The topological polar surface area (TPSA) is 21.9 Å². The van der Waals surface area contributed by atoms with Crippen molar-refractivity contribution in [3.8, 4) is 50.5 Å². The second-order valence-corrected chi connectivity index (χ2v) is 15.5. The van der Waals surface area contributed by atoms with Gasteiger partial charge in [-0.05, 0) is 107 Å². The number of aryl methyl sites for hydroxylation is 3. The van der Waals surface area contributed by atoms with Crippen LogP contribution in [0.4, 0.5) is 0 Å². The molecule has 0 saturated carbocycles. The van der Waals surface area contributed by atoms with Crippen LogP contribution in [-0.4, -0.2) is 4.57 Å². The Kier molecular flexibility index (Phi) is 7.70. The zero-order valence-corrected chi connectivity index (χ0v) is 32.3. The Morgan fingerprint density at radius 1 is 0.582 bits per heavy atom. The lowest BCUT2D eigenvalue weighted by molar-refractivity contribution is -0.633. The van der Waals surface area contributed by atoms with Gasteiger partial charge in [-0.2, -0.15) is 4.57 Å². The van der Waals surface area contributed by atoms with Gasteiger partial charge >= 0.3 is 0 Å². The van der Waals surface area contributed by atoms with Crippen molar-refractivity contribution in [1.82, 2.24) is 4.57 Å². The van der Waals surface area contributed by atoms with Crippen molar-refractivity contribution in [2.75, 3.05) is 0 Å². The first kappa shape index (κ1) is 31.2. The van der Waals surface area contributed by atoms with Gasteiger partial charge in [0, 0.05) is 26.0 Å². The predicted octanol–water partition coefficient (Wildman–Crippen LogP) is 13.9. The van der Waals surface area contributed by atoms with E-state index in [1.807, 2.05) is 49.4 Å². The van der Waals surface area contributed by atoms with Gasteiger partial charge < -0.3 is 4.42 Å². The predicted molar refractivity (Wildman–Crippen MR) is 231 cm³/mol. The summed E-state index contributed by atoms with van der Waals surface area (Å²) in [6, 6.07) is 50.9. The number of fused-ring (bicyclic) bond motifs is 4. The lowest BCUT2D eigenvalue weighted by Crippen LogP contribution is -2.30. The van der Waals surface area contributed by atoms with Crippen LogP contribution in [0.1, 0.15) is 65.9 Å². The molecule has 0 N–H and O–H groups in total. The van der Waals surface area contributed by atoms with E-state index in [1.165, 1.54) is 33.4 Å². The molecule has 3 heteroatoms. The lowest BCUT2D eigenvalue weighted by atomic mass is 9.87. The molecule has 0 saturated heterocycles. The first-order chi connectivity index (χ1) is 27.9. The molecule has 0 fully saturated rings. The van der Waals surface area contributed by atoms with Crippen LogP contribution in [-0.2, 0) is 7.05 Å². The van der Waals surface area contributed by atoms with Crippen LogP contribution < -0.4 is 4.57 Å². The van der Waals surface area contributed by atoms with E-state index < -0.39 is 6.85 Å². The second-order valence-electron chi connectivity index (χ2n) is 15.5. The molecule has 55 heavy (non-hydrogen) atoms. The zero-order chi connectivity index (χ0) is 40.5. The highest BCUT2D eigenvalue weighted by atomic mass is 16.3. The van der Waals surface area contributed by atoms with Crippen LogP contribution >= 0.6 is 0 Å². The smallest absolute Gasteiger partial charge is 0.299 e. The Balaban J connectivity index is 1.34. The molecule has 0 bridgehead atoms. The van der Waals surface area contributed by atoms with Crippen molar-refractivity contribution < 1.29 is 13.1 Å². The summed E-state index contributed by atoms with van der Waals surface area (Å²) in [5.41, 5.74) is 15.9. The minimum atomic E-state index is -2.35. The molecule has 0 amide bonds. The summed E-state index contributed by atoms with van der Waals surface area (Å²) in [6.07, 6.45) is 0. The minimum absolute atomic E-state index is 0.192. The fourth-order valence-electron chi connectivity index (χ4n) is 8.46. The van der Waals surface area contributed by atoms with E-state index in [9.17, 15) is 0 Å². The average molecular weight is 719 g/mol. The maximum atomic E-state index is 8.70. The van der Waals surface area contributed by atoms with E-state index in [-0.39, 0.29) is 11.8 Å². The molecular weight excluding hydrogens is 669 g/mol. The Bertz CT molecular complexity index is 2960. The average Bonchev–Trinajstić information content (AvgIpc) is 3.74. The van der Waals surface area contributed by atoms with Crippen LogP contribution in [0, 0.1) is 13.8 Å². The quantitative estimate of drug-likeness (QED) is 0.150. The lowest BCUT2D eigenvalue weighted by Gasteiger charge is -2.21. The van der Waals surface area contributed by atoms with Crippen LogP contribution in [0.15, 0.2) is 150 Å². The van der Waals surface area contributed by atoms with Gasteiger partial charge in [-0.1, -0.05) is 137 Å². The third-order valence-electron chi connectivity index (χ3n) is 11.2. The van der Waals surface area contributed by atoms with Crippen LogP contribution in [0.3, 0.4) is 0 Å². The van der Waals surface area contributed by atoms with Crippen molar-refractivity contribution >= 4 is 33.0 Å². The van der Waals surface area contributed by atoms with Crippen molar-refractivity contribution in [3.05, 3.63) is 168 Å². The van der Waals surface area contributed by atoms with Crippen LogP contribution in [0.25, 0.3) is 83.4 Å². The Morgan fingerprint density at radius 3 is 1.75 bits per heavy atom. The number of benzene rings is 7. The summed E-state index contributed by atoms with van der Waals surface area (Å²) in [6.45, 7) is 8.76. The highest BCUT2D eigenvalue weighted by Gasteiger charge is 2.34. The van der Waals surface area contributed by atoms with Gasteiger partial charge in [-0.3, -0.25) is 0 Å². The van der Waals surface area contributed by atoms with E-state index in [0.717, 1.165) is 50.2 Å². The maximum absolute atomic E-state index is 8.70. The summed E-state index contributed by atoms with van der Waals surface area (Å²) in [7, 11) is 2.11. The van der Waals surface area contributed by atoms with Crippen molar-refractivity contribution in [2.45, 2.75) is 53.3 Å². The monoisotopic (exact) mass is 718 g/mol. The Labute approximate surface area is 328 Å². The summed E-state index contributed by atoms with van der Waals surface area (Å²) in [5.74, 6) is 1.32. The second kappa shape index (κ2) is 13.6. The Hall–Kier alpha value is -6.19. The molecule has 9 rings (SSSR count). The molecule has 0 unspecified atom stereocenters. The molecule has 2 heterocycles. The minimum Gasteiger partial charge on any atom is -0.455 e. The van der Waals surface area contributed by atoms with Gasteiger partial charge in [0.15, 0.2) is 16.6 Å². The highest BCUT2D eigenvalue weighted by Crippen LogP contribution is 2.44. The van der Waals surface area contributed by atoms with Gasteiger partial charge in [0.25, 0.3) is 5.82 Å². The molecule has 2 aromatic heterocycles. The van der Waals surface area contributed by atoms with Gasteiger partial charge in [0.1, 0.15) is 16.8 Å². The number of furan rings is 1. The van der Waals surface area contributed by atoms with E-state index in [4.69, 9.17) is 8.53 Å². The molecule has 270 valence electrons. The fraction of sp³-hybridized carbons (Fsp3) is 0.173. The largest absolute Gasteiger partial charge is 0.455 e. The molecule has 0 aliphatic heterocycles. The van der Waals surface area contributed by atoms with Gasteiger partial charge in [0.05, 0.1) is 7.05 Å². The fourth-order valence-corrected chi connectivity index (χ4v) is 8.46. The van der Waals surface area contributed by atoms with Gasteiger partial charge in [-0.25, -0.2) is 4.57 Å². The molecular formula is C52H47N2O+. The van der Waals surface area contributed by atoms with Crippen LogP contribution in [0.5, 0.6) is 0 Å². The highest BCUT2D eigenvalue weighted by molar-refractivity contribution is 6.12. The molecule has 9 aromatic rings. The van der Waals surface area contributed by atoms with Crippen LogP contribution in [0.2, 0.25) is 0 Å². The van der Waals surface area contributed by atoms with Gasteiger partial charge in [-0.15, -0.1) is 0 Å². The molecule has 0 aliphatic carbocycles. The normalized spacial score (nSPS) is 12.9. The SMILES string of the molecule is [2H]C([2H])([2H])c1cc(C)c(-c2n(-c3c(C(C)C)cc(-c4ccc(-c5ccccc5)cc4)cc3C(C)C)c3ccccc3[n+]2C)c2oc3cc(-c4ccccc4)ccc3c12. The molecule has 0 radical (unpaired) electrons. The van der Waals surface area contributed by atoms with Crippen molar-refractivity contribution in [1.29, 1.82) is 0 Å². The number of hydrogen-bond acceptors (Lipinski definition) is 1. The number of para-hydroxylation sites is 2. The number of imidazole rings is 1. The molecule has 0 spiro atoms. The molecule has 7 aromatic carbocycles. The molecule has 3 nitrogen and oxygen atoms in total. The zero-order valence-electron chi connectivity index (χ0n) is 35.3. The summed E-state index contributed by atoms with van der Waals surface area (Å²) in [4.78, 5) is 0. The first-order valence-electron chi connectivity index (χ1n) is 20.8. The summed E-state index contributed by atoms with van der Waals surface area (Å²) < 4.78 is 37.7. The van der Waals surface area contributed by atoms with E-state index >= 15 is 0 Å².